The standard InChI is InChI=1S/C17H22N2/c1-3-7-17(15-8-5-4-6-9-15)19-13-16-10-11-18-12-14(16)2/h4-6,8-12,17,19H,3,7,13H2,1-2H3. The summed E-state index contributed by atoms with van der Waals surface area (Å²) in [6, 6.07) is 13.2. The molecule has 1 unspecified atom stereocenters. The molecule has 0 aliphatic rings. The molecular weight excluding hydrogens is 232 g/mol. The van der Waals surface area contributed by atoms with Gasteiger partial charge in [-0.2, -0.15) is 0 Å². The summed E-state index contributed by atoms with van der Waals surface area (Å²) in [6.07, 6.45) is 6.13. The number of hydrogen-bond acceptors (Lipinski definition) is 2. The molecule has 1 N–H and O–H groups in total. The van der Waals surface area contributed by atoms with Gasteiger partial charge in [-0.1, -0.05) is 43.7 Å². The van der Waals surface area contributed by atoms with Gasteiger partial charge in [-0.3, -0.25) is 4.98 Å². The van der Waals surface area contributed by atoms with Gasteiger partial charge in [-0.25, -0.2) is 0 Å². The molecule has 0 aliphatic carbocycles. The summed E-state index contributed by atoms with van der Waals surface area (Å²) in [4.78, 5) is 4.14. The predicted octanol–water partition coefficient (Wildman–Crippen LogP) is 4.02. The average Bonchev–Trinajstić information content (AvgIpc) is 2.46. The first-order chi connectivity index (χ1) is 9.31. The van der Waals surface area contributed by atoms with Crippen LogP contribution in [0.1, 0.15) is 42.5 Å². The third-order valence-corrected chi connectivity index (χ3v) is 3.45. The van der Waals surface area contributed by atoms with Crippen molar-refractivity contribution in [1.29, 1.82) is 0 Å². The van der Waals surface area contributed by atoms with E-state index in [0.29, 0.717) is 6.04 Å². The third-order valence-electron chi connectivity index (χ3n) is 3.45. The number of aryl methyl sites for hydroxylation is 1. The minimum atomic E-state index is 0.429. The van der Waals surface area contributed by atoms with Crippen molar-refractivity contribution >= 4 is 0 Å². The number of hydrogen-bond donors (Lipinski definition) is 1. The molecule has 0 fully saturated rings. The Morgan fingerprint density at radius 3 is 2.63 bits per heavy atom. The van der Waals surface area contributed by atoms with Crippen molar-refractivity contribution in [3.63, 3.8) is 0 Å². The number of nitrogens with zero attached hydrogens (tertiary/aromatic N) is 1. The largest absolute Gasteiger partial charge is 0.306 e. The Bertz CT molecular complexity index is 494. The topological polar surface area (TPSA) is 24.9 Å². The molecule has 0 saturated carbocycles. The highest BCUT2D eigenvalue weighted by Crippen LogP contribution is 2.19. The third kappa shape index (κ3) is 3.90. The van der Waals surface area contributed by atoms with Crippen molar-refractivity contribution in [2.75, 3.05) is 0 Å². The van der Waals surface area contributed by atoms with Crippen molar-refractivity contribution in [3.8, 4) is 0 Å². The van der Waals surface area contributed by atoms with Crippen LogP contribution in [0.4, 0.5) is 0 Å². The second-order valence-electron chi connectivity index (χ2n) is 4.94. The summed E-state index contributed by atoms with van der Waals surface area (Å²) in [5.74, 6) is 0. The summed E-state index contributed by atoms with van der Waals surface area (Å²) in [7, 11) is 0. The summed E-state index contributed by atoms with van der Waals surface area (Å²) in [5.41, 5.74) is 3.95. The molecule has 1 heterocycles. The highest BCUT2D eigenvalue weighted by atomic mass is 14.9. The van der Waals surface area contributed by atoms with Gasteiger partial charge in [-0.05, 0) is 36.1 Å². The van der Waals surface area contributed by atoms with E-state index in [9.17, 15) is 0 Å². The smallest absolute Gasteiger partial charge is 0.0323 e. The molecule has 1 atom stereocenters. The van der Waals surface area contributed by atoms with Gasteiger partial charge in [0.05, 0.1) is 0 Å². The lowest BCUT2D eigenvalue weighted by Gasteiger charge is -2.19. The van der Waals surface area contributed by atoms with Crippen molar-refractivity contribution in [1.82, 2.24) is 10.3 Å². The fraction of sp³-hybridized carbons (Fsp3) is 0.353. The predicted molar refractivity (Wildman–Crippen MR) is 79.9 cm³/mol. The molecule has 1 aromatic heterocycles. The normalized spacial score (nSPS) is 12.3. The Balaban J connectivity index is 2.04. The second kappa shape index (κ2) is 7.05. The van der Waals surface area contributed by atoms with Crippen molar-refractivity contribution in [2.24, 2.45) is 0 Å². The maximum absolute atomic E-state index is 4.14. The van der Waals surface area contributed by atoms with E-state index >= 15 is 0 Å². The zero-order valence-electron chi connectivity index (χ0n) is 11.8. The number of rotatable bonds is 6. The van der Waals surface area contributed by atoms with E-state index in [1.54, 1.807) is 0 Å². The van der Waals surface area contributed by atoms with E-state index in [4.69, 9.17) is 0 Å². The zero-order chi connectivity index (χ0) is 13.5. The van der Waals surface area contributed by atoms with E-state index in [-0.39, 0.29) is 0 Å². The first-order valence-electron chi connectivity index (χ1n) is 6.99. The Morgan fingerprint density at radius 1 is 1.16 bits per heavy atom. The summed E-state index contributed by atoms with van der Waals surface area (Å²) < 4.78 is 0. The van der Waals surface area contributed by atoms with Crippen LogP contribution in [-0.4, -0.2) is 4.98 Å². The molecule has 0 spiro atoms. The van der Waals surface area contributed by atoms with Crippen LogP contribution in [0.25, 0.3) is 0 Å². The molecule has 2 rings (SSSR count). The van der Waals surface area contributed by atoms with Gasteiger partial charge >= 0.3 is 0 Å². The van der Waals surface area contributed by atoms with E-state index < -0.39 is 0 Å². The van der Waals surface area contributed by atoms with Crippen LogP contribution < -0.4 is 5.32 Å². The van der Waals surface area contributed by atoms with E-state index in [1.165, 1.54) is 23.1 Å². The lowest BCUT2D eigenvalue weighted by molar-refractivity contribution is 0.493. The summed E-state index contributed by atoms with van der Waals surface area (Å²) in [5, 5.41) is 3.67. The van der Waals surface area contributed by atoms with Crippen LogP contribution in [-0.2, 0) is 6.54 Å². The van der Waals surface area contributed by atoms with Gasteiger partial charge in [0.15, 0.2) is 0 Å². The molecule has 1 aromatic carbocycles. The van der Waals surface area contributed by atoms with Crippen LogP contribution in [0.15, 0.2) is 48.8 Å². The van der Waals surface area contributed by atoms with Crippen molar-refractivity contribution in [3.05, 3.63) is 65.5 Å². The van der Waals surface area contributed by atoms with Crippen LogP contribution in [0, 0.1) is 6.92 Å². The fourth-order valence-corrected chi connectivity index (χ4v) is 2.29. The van der Waals surface area contributed by atoms with Gasteiger partial charge in [-0.15, -0.1) is 0 Å². The molecule has 2 heteroatoms. The summed E-state index contributed by atoms with van der Waals surface area (Å²) in [6.45, 7) is 5.24. The number of aromatic nitrogens is 1. The number of pyridine rings is 1. The van der Waals surface area contributed by atoms with Crippen LogP contribution in [0.2, 0.25) is 0 Å². The molecule has 0 amide bonds. The second-order valence-corrected chi connectivity index (χ2v) is 4.94. The fourth-order valence-electron chi connectivity index (χ4n) is 2.29. The SMILES string of the molecule is CCCC(NCc1ccncc1C)c1ccccc1. The van der Waals surface area contributed by atoms with Gasteiger partial charge < -0.3 is 5.32 Å². The quantitative estimate of drug-likeness (QED) is 0.842. The zero-order valence-corrected chi connectivity index (χ0v) is 11.8. The molecule has 2 nitrogen and oxygen atoms in total. The minimum absolute atomic E-state index is 0.429. The molecule has 0 aliphatic heterocycles. The van der Waals surface area contributed by atoms with E-state index in [1.807, 2.05) is 12.4 Å². The lowest BCUT2D eigenvalue weighted by Crippen LogP contribution is -2.21. The van der Waals surface area contributed by atoms with Gasteiger partial charge in [0.25, 0.3) is 0 Å². The molecule has 0 radical (unpaired) electrons. The van der Waals surface area contributed by atoms with Crippen molar-refractivity contribution in [2.45, 2.75) is 39.3 Å². The Morgan fingerprint density at radius 2 is 1.95 bits per heavy atom. The molecule has 19 heavy (non-hydrogen) atoms. The summed E-state index contributed by atoms with van der Waals surface area (Å²) >= 11 is 0. The van der Waals surface area contributed by atoms with Crippen LogP contribution in [0.3, 0.4) is 0 Å². The maximum atomic E-state index is 4.14. The van der Waals surface area contributed by atoms with E-state index in [0.717, 1.165) is 13.0 Å². The van der Waals surface area contributed by atoms with Gasteiger partial charge in [0.2, 0.25) is 0 Å². The molecule has 0 bridgehead atoms. The number of benzene rings is 1. The highest BCUT2D eigenvalue weighted by molar-refractivity contribution is 5.23. The van der Waals surface area contributed by atoms with Gasteiger partial charge in [0.1, 0.15) is 0 Å². The Labute approximate surface area is 115 Å². The Kier molecular flexibility index (Phi) is 5.10. The number of nitrogens with one attached hydrogen (secondary N) is 1. The lowest BCUT2D eigenvalue weighted by atomic mass is 10.0. The molecule has 0 saturated heterocycles. The van der Waals surface area contributed by atoms with Crippen LogP contribution in [0.5, 0.6) is 0 Å². The van der Waals surface area contributed by atoms with Crippen molar-refractivity contribution < 1.29 is 0 Å². The van der Waals surface area contributed by atoms with Crippen LogP contribution >= 0.6 is 0 Å². The van der Waals surface area contributed by atoms with E-state index in [2.05, 4.69) is 60.5 Å². The maximum Gasteiger partial charge on any atom is 0.0323 e. The van der Waals surface area contributed by atoms with Gasteiger partial charge in [0, 0.05) is 25.0 Å². The average molecular weight is 254 g/mol. The first-order valence-corrected chi connectivity index (χ1v) is 6.99. The molecule has 100 valence electrons. The minimum Gasteiger partial charge on any atom is -0.306 e. The first kappa shape index (κ1) is 13.8. The molecule has 2 aromatic rings. The Hall–Kier alpha value is -1.67. The molecular formula is C17H22N2. The highest BCUT2D eigenvalue weighted by Gasteiger charge is 2.09. The monoisotopic (exact) mass is 254 g/mol.